The molecule has 1 aliphatic heterocycles. The van der Waals surface area contributed by atoms with Gasteiger partial charge in [0.05, 0.1) is 0 Å². The van der Waals surface area contributed by atoms with Gasteiger partial charge in [0.25, 0.3) is 5.84 Å². The Morgan fingerprint density at radius 2 is 1.24 bits per heavy atom. The van der Waals surface area contributed by atoms with Crippen LogP contribution in [0.2, 0.25) is 0 Å². The summed E-state index contributed by atoms with van der Waals surface area (Å²) >= 11 is 0. The molecule has 3 nitrogen and oxygen atoms in total. The molecule has 2 aromatic rings. The maximum absolute atomic E-state index is 6.45. The van der Waals surface area contributed by atoms with Crippen LogP contribution in [0.25, 0.3) is 0 Å². The van der Waals surface area contributed by atoms with E-state index in [1.54, 1.807) is 0 Å². The van der Waals surface area contributed by atoms with Crippen LogP contribution in [-0.4, -0.2) is 23.6 Å². The van der Waals surface area contributed by atoms with Crippen molar-refractivity contribution in [3.63, 3.8) is 0 Å². The fourth-order valence-electron chi connectivity index (χ4n) is 4.23. The number of anilines is 1. The van der Waals surface area contributed by atoms with Gasteiger partial charge in [-0.2, -0.15) is 0 Å². The summed E-state index contributed by atoms with van der Waals surface area (Å²) in [5.74, 6) is 0.921. The molecule has 0 spiro atoms. The maximum atomic E-state index is 6.45. The van der Waals surface area contributed by atoms with E-state index in [-0.39, 0.29) is 18.6 Å². The molecular weight excluding hydrogens is 345 g/mol. The quantitative estimate of drug-likeness (QED) is 0.807. The van der Waals surface area contributed by atoms with Crippen LogP contribution in [0.3, 0.4) is 0 Å². The molecule has 0 aliphatic carbocycles. The molecule has 2 N–H and O–H groups in total. The molecule has 0 atom stereocenters. The van der Waals surface area contributed by atoms with Gasteiger partial charge in [-0.3, -0.25) is 5.73 Å². The van der Waals surface area contributed by atoms with E-state index < -0.39 is 0 Å². The van der Waals surface area contributed by atoms with E-state index in [2.05, 4.69) is 75.3 Å². The number of aryl methyl sites for hydroxylation is 6. The summed E-state index contributed by atoms with van der Waals surface area (Å²) in [5.41, 5.74) is 16.8. The molecule has 0 aromatic heterocycles. The maximum Gasteiger partial charge on any atom is 0.269 e. The van der Waals surface area contributed by atoms with Crippen molar-refractivity contribution < 1.29 is 23.1 Å². The van der Waals surface area contributed by atoms with Crippen LogP contribution < -0.4 is 10.6 Å². The second kappa shape index (κ2) is 7.27. The van der Waals surface area contributed by atoms with Crippen molar-refractivity contribution in [2.24, 2.45) is 5.73 Å². The Morgan fingerprint density at radius 3 is 1.72 bits per heavy atom. The van der Waals surface area contributed by atoms with E-state index in [9.17, 15) is 0 Å². The van der Waals surface area contributed by atoms with E-state index >= 15 is 0 Å². The third-order valence-electron chi connectivity index (χ3n) is 4.87. The first-order chi connectivity index (χ1) is 11.3. The molecule has 1 radical (unpaired) electrons. The zero-order valence-electron chi connectivity index (χ0n) is 16.1. The molecule has 131 valence electrons. The van der Waals surface area contributed by atoms with Gasteiger partial charge in [-0.25, -0.2) is 4.58 Å². The van der Waals surface area contributed by atoms with E-state index in [1.807, 2.05) is 0 Å². The minimum atomic E-state index is 0. The van der Waals surface area contributed by atoms with Crippen LogP contribution in [0, 0.1) is 41.5 Å². The zero-order valence-corrected chi connectivity index (χ0v) is 17.5. The van der Waals surface area contributed by atoms with Gasteiger partial charge < -0.3 is 4.90 Å². The number of hydrogen-bond donors (Lipinski definition) is 1. The Labute approximate surface area is 163 Å². The van der Waals surface area contributed by atoms with Crippen LogP contribution in [0.4, 0.5) is 11.4 Å². The van der Waals surface area contributed by atoms with Gasteiger partial charge in [0, 0.05) is 24.2 Å². The van der Waals surface area contributed by atoms with Crippen molar-refractivity contribution in [1.82, 2.24) is 0 Å². The van der Waals surface area contributed by atoms with E-state index in [0.717, 1.165) is 19.0 Å². The molecule has 0 bridgehead atoms. The Morgan fingerprint density at radius 1 is 0.800 bits per heavy atom. The fraction of sp³-hybridized carbons (Fsp3) is 0.381. The van der Waals surface area contributed by atoms with E-state index in [4.69, 9.17) is 5.73 Å². The molecule has 0 amide bonds. The second-order valence-electron chi connectivity index (χ2n) is 7.25. The summed E-state index contributed by atoms with van der Waals surface area (Å²) in [6.45, 7) is 14.6. The van der Waals surface area contributed by atoms with Gasteiger partial charge in [0.15, 0.2) is 6.67 Å². The molecule has 25 heavy (non-hydrogen) atoms. The first-order valence-corrected chi connectivity index (χ1v) is 8.57. The minimum Gasteiger partial charge on any atom is -0.323 e. The molecule has 0 unspecified atom stereocenters. The molecule has 0 saturated heterocycles. The molecule has 1 aliphatic rings. The average molecular weight is 373 g/mol. The van der Waals surface area contributed by atoms with Gasteiger partial charge >= 0.3 is 0 Å². The average Bonchev–Trinajstić information content (AvgIpc) is 2.78. The first kappa shape index (κ1) is 19.6. The zero-order chi connectivity index (χ0) is 17.6. The monoisotopic (exact) mass is 373 g/mol. The smallest absolute Gasteiger partial charge is 0.269 e. The first-order valence-electron chi connectivity index (χ1n) is 8.57. The minimum absolute atomic E-state index is 0. The van der Waals surface area contributed by atoms with Crippen molar-refractivity contribution in [1.29, 1.82) is 0 Å². The molecule has 3 rings (SSSR count). The van der Waals surface area contributed by atoms with Crippen molar-refractivity contribution in [2.75, 3.05) is 18.1 Å². The molecule has 0 saturated carbocycles. The van der Waals surface area contributed by atoms with E-state index in [0.29, 0.717) is 0 Å². The largest absolute Gasteiger partial charge is 0.323 e. The van der Waals surface area contributed by atoms with Crippen molar-refractivity contribution in [3.8, 4) is 0 Å². The van der Waals surface area contributed by atoms with Gasteiger partial charge in [-0.1, -0.05) is 35.4 Å². The van der Waals surface area contributed by atoms with Crippen LogP contribution in [0.1, 0.15) is 33.4 Å². The molecule has 0 fully saturated rings. The van der Waals surface area contributed by atoms with Crippen LogP contribution in [0.5, 0.6) is 0 Å². The summed E-state index contributed by atoms with van der Waals surface area (Å²) < 4.78 is 2.27. The number of benzene rings is 2. The van der Waals surface area contributed by atoms with E-state index in [1.165, 1.54) is 44.8 Å². The summed E-state index contributed by atoms with van der Waals surface area (Å²) in [6, 6.07) is 8.98. The summed E-state index contributed by atoms with van der Waals surface area (Å²) in [4.78, 5) is 2.39. The summed E-state index contributed by atoms with van der Waals surface area (Å²) in [6.07, 6.45) is 0. The fourth-order valence-corrected chi connectivity index (χ4v) is 4.23. The number of nitrogens with zero attached hydrogens (tertiary/aromatic N) is 2. The number of rotatable bonds is 2. The molecule has 1 heterocycles. The molecular formula is C21H28N3V+. The van der Waals surface area contributed by atoms with Gasteiger partial charge in [-0.15, -0.1) is 0 Å². The Balaban J connectivity index is 0.00000225. The van der Waals surface area contributed by atoms with Crippen molar-refractivity contribution >= 4 is 17.2 Å². The van der Waals surface area contributed by atoms with Crippen molar-refractivity contribution in [2.45, 2.75) is 41.5 Å². The SMILES string of the molecule is Cc1cc(C)c(N2CC(N)=[N+](c3c(C)cc(C)cc3C)C2)c(C)c1.[V]. The number of amidine groups is 1. The molecule has 2 aromatic carbocycles. The second-order valence-corrected chi connectivity index (χ2v) is 7.25. The third kappa shape index (κ3) is 3.63. The number of nitrogens with two attached hydrogens (primary N) is 1. The van der Waals surface area contributed by atoms with Crippen molar-refractivity contribution in [3.05, 3.63) is 57.6 Å². The summed E-state index contributed by atoms with van der Waals surface area (Å²) in [5, 5.41) is 0. The van der Waals surface area contributed by atoms with Gasteiger partial charge in [-0.05, 0) is 63.8 Å². The third-order valence-corrected chi connectivity index (χ3v) is 4.87. The van der Waals surface area contributed by atoms with Crippen LogP contribution in [0.15, 0.2) is 24.3 Å². The number of hydrogen-bond acceptors (Lipinski definition) is 2. The Bertz CT molecular complexity index is 806. The van der Waals surface area contributed by atoms with Crippen LogP contribution >= 0.6 is 0 Å². The topological polar surface area (TPSA) is 32.3 Å². The Hall–Kier alpha value is -1.71. The van der Waals surface area contributed by atoms with Gasteiger partial charge in [0.1, 0.15) is 12.2 Å². The molecule has 4 heteroatoms. The van der Waals surface area contributed by atoms with Gasteiger partial charge in [0.2, 0.25) is 0 Å². The predicted molar refractivity (Wildman–Crippen MR) is 103 cm³/mol. The summed E-state index contributed by atoms with van der Waals surface area (Å²) in [7, 11) is 0. The predicted octanol–water partition coefficient (Wildman–Crippen LogP) is 4.01. The van der Waals surface area contributed by atoms with Crippen LogP contribution in [-0.2, 0) is 18.6 Å². The normalized spacial score (nSPS) is 14.1. The standard InChI is InChI=1S/C21H27N3.V/c1-13-7-15(3)20(16(4)8-13)23-11-19(22)24(12-23)21-17(5)9-14(2)10-18(21)6;/h7-10,22H,11-12H2,1-6H3;/p+1. The Kier molecular flexibility index (Phi) is 5.70.